The van der Waals surface area contributed by atoms with Crippen molar-refractivity contribution in [1.82, 2.24) is 10.2 Å². The molecule has 13 heavy (non-hydrogen) atoms. The van der Waals surface area contributed by atoms with Crippen molar-refractivity contribution in [1.29, 1.82) is 0 Å². The fourth-order valence-electron chi connectivity index (χ4n) is 2.26. The van der Waals surface area contributed by atoms with Gasteiger partial charge in [0.05, 0.1) is 6.10 Å². The molecule has 2 N–H and O–H groups in total. The van der Waals surface area contributed by atoms with Gasteiger partial charge in [0.2, 0.25) is 0 Å². The van der Waals surface area contributed by atoms with Crippen LogP contribution in [0.5, 0.6) is 0 Å². The highest BCUT2D eigenvalue weighted by Crippen LogP contribution is 2.24. The molecule has 0 bridgehead atoms. The van der Waals surface area contributed by atoms with Crippen LogP contribution in [-0.4, -0.2) is 48.3 Å². The topological polar surface area (TPSA) is 35.5 Å². The first kappa shape index (κ1) is 9.44. The quantitative estimate of drug-likeness (QED) is 0.657. The highest BCUT2D eigenvalue weighted by Gasteiger charge is 2.27. The number of nitrogens with zero attached hydrogens (tertiary/aromatic N) is 1. The van der Waals surface area contributed by atoms with Crippen molar-refractivity contribution in [2.24, 2.45) is 0 Å². The van der Waals surface area contributed by atoms with Crippen LogP contribution < -0.4 is 5.32 Å². The maximum Gasteiger partial charge on any atom is 0.0680 e. The van der Waals surface area contributed by atoms with Crippen LogP contribution in [0.15, 0.2) is 0 Å². The first-order valence-electron chi connectivity index (χ1n) is 5.37. The Bertz CT molecular complexity index is 170. The minimum absolute atomic E-state index is 0.111. The Morgan fingerprint density at radius 2 is 2.23 bits per heavy atom. The summed E-state index contributed by atoms with van der Waals surface area (Å²) in [5.74, 6) is 0. The molecule has 1 saturated heterocycles. The number of nitrogens with one attached hydrogen (secondary N) is 1. The summed E-state index contributed by atoms with van der Waals surface area (Å²) >= 11 is 0. The summed E-state index contributed by atoms with van der Waals surface area (Å²) < 4.78 is 0. The van der Waals surface area contributed by atoms with E-state index in [2.05, 4.69) is 17.3 Å². The van der Waals surface area contributed by atoms with Crippen LogP contribution in [0.3, 0.4) is 0 Å². The molecule has 2 fully saturated rings. The number of hydrogen-bond acceptors (Lipinski definition) is 3. The third kappa shape index (κ3) is 2.22. The summed E-state index contributed by atoms with van der Waals surface area (Å²) in [6, 6.07) is 1.33. The molecule has 2 aliphatic rings. The van der Waals surface area contributed by atoms with Gasteiger partial charge in [0.25, 0.3) is 0 Å². The van der Waals surface area contributed by atoms with Gasteiger partial charge in [-0.25, -0.2) is 0 Å². The third-order valence-corrected chi connectivity index (χ3v) is 3.41. The Balaban J connectivity index is 1.71. The van der Waals surface area contributed by atoms with E-state index >= 15 is 0 Å². The molecule has 3 heteroatoms. The van der Waals surface area contributed by atoms with E-state index in [9.17, 15) is 5.11 Å². The van der Waals surface area contributed by atoms with Crippen molar-refractivity contribution in [3.63, 3.8) is 0 Å². The molecule has 2 atom stereocenters. The lowest BCUT2D eigenvalue weighted by molar-refractivity contribution is 0.143. The lowest BCUT2D eigenvalue weighted by Crippen LogP contribution is -2.43. The van der Waals surface area contributed by atoms with Gasteiger partial charge in [-0.15, -0.1) is 0 Å². The summed E-state index contributed by atoms with van der Waals surface area (Å²) in [5, 5.41) is 12.7. The molecule has 3 nitrogen and oxygen atoms in total. The van der Waals surface area contributed by atoms with Crippen LogP contribution in [0.25, 0.3) is 0 Å². The number of hydrogen-bond donors (Lipinski definition) is 2. The van der Waals surface area contributed by atoms with Gasteiger partial charge in [-0.2, -0.15) is 0 Å². The summed E-state index contributed by atoms with van der Waals surface area (Å²) in [5.41, 5.74) is 0. The number of aliphatic hydroxyl groups is 1. The van der Waals surface area contributed by atoms with E-state index in [0.29, 0.717) is 6.04 Å². The Labute approximate surface area is 80.1 Å². The second-order valence-electron chi connectivity index (χ2n) is 4.52. The molecular formula is C10H20N2O. The van der Waals surface area contributed by atoms with Crippen LogP contribution in [0, 0.1) is 0 Å². The predicted octanol–water partition coefficient (Wildman–Crippen LogP) is 0.193. The van der Waals surface area contributed by atoms with Crippen LogP contribution >= 0.6 is 0 Å². The largest absolute Gasteiger partial charge is 0.392 e. The van der Waals surface area contributed by atoms with Crippen molar-refractivity contribution in [2.45, 2.75) is 43.9 Å². The van der Waals surface area contributed by atoms with Crippen molar-refractivity contribution in [3.05, 3.63) is 0 Å². The van der Waals surface area contributed by atoms with Gasteiger partial charge in [0.15, 0.2) is 0 Å². The average molecular weight is 184 g/mol. The Hall–Kier alpha value is -0.120. The van der Waals surface area contributed by atoms with E-state index in [1.807, 2.05) is 0 Å². The van der Waals surface area contributed by atoms with Gasteiger partial charge in [0, 0.05) is 25.2 Å². The summed E-state index contributed by atoms with van der Waals surface area (Å²) in [6.07, 6.45) is 4.95. The first-order chi connectivity index (χ1) is 6.25. The zero-order valence-electron chi connectivity index (χ0n) is 8.37. The molecule has 1 aliphatic heterocycles. The lowest BCUT2D eigenvalue weighted by Gasteiger charge is -2.36. The third-order valence-electron chi connectivity index (χ3n) is 3.41. The Morgan fingerprint density at radius 1 is 1.46 bits per heavy atom. The lowest BCUT2D eigenvalue weighted by atomic mass is 9.91. The Morgan fingerprint density at radius 3 is 2.69 bits per heavy atom. The predicted molar refractivity (Wildman–Crippen MR) is 52.7 cm³/mol. The van der Waals surface area contributed by atoms with Crippen LogP contribution in [0.1, 0.15) is 25.7 Å². The van der Waals surface area contributed by atoms with E-state index in [4.69, 9.17) is 0 Å². The monoisotopic (exact) mass is 184 g/mol. The highest BCUT2D eigenvalue weighted by molar-refractivity contribution is 4.86. The molecule has 0 aromatic rings. The van der Waals surface area contributed by atoms with E-state index in [1.165, 1.54) is 19.3 Å². The summed E-state index contributed by atoms with van der Waals surface area (Å²) in [7, 11) is 2.20. The van der Waals surface area contributed by atoms with Crippen molar-refractivity contribution < 1.29 is 5.11 Å². The molecule has 1 heterocycles. The van der Waals surface area contributed by atoms with Crippen molar-refractivity contribution in [2.75, 3.05) is 20.1 Å². The minimum Gasteiger partial charge on any atom is -0.392 e. The maximum atomic E-state index is 9.34. The van der Waals surface area contributed by atoms with Gasteiger partial charge >= 0.3 is 0 Å². The van der Waals surface area contributed by atoms with E-state index in [0.717, 1.165) is 25.6 Å². The van der Waals surface area contributed by atoms with E-state index in [1.54, 1.807) is 0 Å². The average Bonchev–Trinajstić information content (AvgIpc) is 2.31. The summed E-state index contributed by atoms with van der Waals surface area (Å²) in [6.45, 7) is 1.88. The molecule has 0 radical (unpaired) electrons. The molecule has 76 valence electrons. The molecule has 1 aliphatic carbocycles. The van der Waals surface area contributed by atoms with Gasteiger partial charge in [-0.1, -0.05) is 6.42 Å². The second kappa shape index (κ2) is 3.95. The number of aliphatic hydroxyl groups excluding tert-OH is 1. The fourth-order valence-corrected chi connectivity index (χ4v) is 2.26. The number of β-amino-alcohol motifs (C(OH)–C–C–N with tert-alkyl or cyclic N) is 1. The van der Waals surface area contributed by atoms with Crippen LogP contribution in [0.2, 0.25) is 0 Å². The van der Waals surface area contributed by atoms with Gasteiger partial charge < -0.3 is 15.3 Å². The molecule has 0 aromatic heterocycles. The summed E-state index contributed by atoms with van der Waals surface area (Å²) in [4.78, 5) is 2.44. The van der Waals surface area contributed by atoms with E-state index < -0.39 is 0 Å². The normalized spacial score (nSPS) is 35.3. The highest BCUT2D eigenvalue weighted by atomic mass is 16.3. The fraction of sp³-hybridized carbons (Fsp3) is 1.00. The number of rotatable bonds is 3. The molecule has 0 spiro atoms. The Kier molecular flexibility index (Phi) is 2.86. The molecule has 0 amide bonds. The SMILES string of the molecule is CN(CC1CC(O)CN1)C1CCC1. The van der Waals surface area contributed by atoms with Crippen molar-refractivity contribution in [3.8, 4) is 0 Å². The van der Waals surface area contributed by atoms with Crippen LogP contribution in [0.4, 0.5) is 0 Å². The second-order valence-corrected chi connectivity index (χ2v) is 4.52. The van der Waals surface area contributed by atoms with Crippen LogP contribution in [-0.2, 0) is 0 Å². The smallest absolute Gasteiger partial charge is 0.0680 e. The minimum atomic E-state index is -0.111. The molecular weight excluding hydrogens is 164 g/mol. The van der Waals surface area contributed by atoms with Gasteiger partial charge in [-0.05, 0) is 26.3 Å². The standard InChI is InChI=1S/C10H20N2O/c1-12(9-3-2-4-9)7-8-5-10(13)6-11-8/h8-11,13H,2-7H2,1H3. The molecule has 0 aromatic carbocycles. The van der Waals surface area contributed by atoms with Gasteiger partial charge in [0.1, 0.15) is 0 Å². The molecule has 2 rings (SSSR count). The zero-order chi connectivity index (χ0) is 9.26. The maximum absolute atomic E-state index is 9.34. The zero-order valence-corrected chi connectivity index (χ0v) is 8.37. The molecule has 2 unspecified atom stereocenters. The first-order valence-corrected chi connectivity index (χ1v) is 5.37. The van der Waals surface area contributed by atoms with Gasteiger partial charge in [-0.3, -0.25) is 0 Å². The number of likely N-dealkylation sites (N-methyl/N-ethyl adjacent to an activating group) is 1. The van der Waals surface area contributed by atoms with Crippen molar-refractivity contribution >= 4 is 0 Å². The van der Waals surface area contributed by atoms with E-state index in [-0.39, 0.29) is 6.10 Å². The molecule has 1 saturated carbocycles.